The zero-order valence-corrected chi connectivity index (χ0v) is 12.5. The van der Waals surface area contributed by atoms with Crippen molar-refractivity contribution in [3.05, 3.63) is 35.1 Å². The van der Waals surface area contributed by atoms with Gasteiger partial charge < -0.3 is 5.32 Å². The molecule has 1 rings (SSSR count). The maximum atomic E-state index is 14.0. The quantitative estimate of drug-likeness (QED) is 0.666. The van der Waals surface area contributed by atoms with E-state index in [4.69, 9.17) is 0 Å². The summed E-state index contributed by atoms with van der Waals surface area (Å²) < 4.78 is 40.5. The lowest BCUT2D eigenvalue weighted by molar-refractivity contribution is 0.311. The minimum Gasteiger partial charge on any atom is -0.310 e. The summed E-state index contributed by atoms with van der Waals surface area (Å²) in [4.78, 5) is 0. The normalized spacial score (nSPS) is 12.9. The Morgan fingerprint density at radius 3 is 1.95 bits per heavy atom. The van der Waals surface area contributed by atoms with Crippen LogP contribution in [0.15, 0.2) is 12.1 Å². The molecule has 0 bridgehead atoms. The average Bonchev–Trinajstić information content (AvgIpc) is 2.40. The standard InChI is InChI=1S/C16H24F3N/c1-4-7-11(8-5-2)16(20-6-3)12-9-14(18)15(19)10-13(12)17/h9-11,16,20H,4-8H2,1-3H3. The summed E-state index contributed by atoms with van der Waals surface area (Å²) in [6, 6.07) is 1.37. The lowest BCUT2D eigenvalue weighted by atomic mass is 9.85. The smallest absolute Gasteiger partial charge is 0.161 e. The zero-order chi connectivity index (χ0) is 15.1. The molecule has 4 heteroatoms. The molecule has 0 amide bonds. The molecule has 0 saturated carbocycles. The second-order valence-electron chi connectivity index (χ2n) is 5.16. The first-order chi connectivity index (χ1) is 9.54. The molecule has 0 aliphatic heterocycles. The first-order valence-electron chi connectivity index (χ1n) is 7.42. The number of hydrogen-bond acceptors (Lipinski definition) is 1. The van der Waals surface area contributed by atoms with Crippen molar-refractivity contribution in [3.8, 4) is 0 Å². The fourth-order valence-electron chi connectivity index (χ4n) is 2.75. The highest BCUT2D eigenvalue weighted by Crippen LogP contribution is 2.32. The minimum atomic E-state index is -1.14. The van der Waals surface area contributed by atoms with Crippen LogP contribution in [0.5, 0.6) is 0 Å². The van der Waals surface area contributed by atoms with E-state index in [9.17, 15) is 13.2 Å². The van der Waals surface area contributed by atoms with Crippen LogP contribution in [0.3, 0.4) is 0 Å². The van der Waals surface area contributed by atoms with Crippen LogP contribution < -0.4 is 5.32 Å². The third-order valence-corrected chi connectivity index (χ3v) is 3.59. The van der Waals surface area contributed by atoms with Crippen molar-refractivity contribution in [3.63, 3.8) is 0 Å². The van der Waals surface area contributed by atoms with Gasteiger partial charge in [0, 0.05) is 17.7 Å². The summed E-state index contributed by atoms with van der Waals surface area (Å²) in [5, 5.41) is 3.23. The van der Waals surface area contributed by atoms with Gasteiger partial charge >= 0.3 is 0 Å². The van der Waals surface area contributed by atoms with Crippen LogP contribution in [0, 0.1) is 23.4 Å². The maximum Gasteiger partial charge on any atom is 0.161 e. The molecule has 1 nitrogen and oxygen atoms in total. The van der Waals surface area contributed by atoms with Crippen LogP contribution in [0.4, 0.5) is 13.2 Å². The van der Waals surface area contributed by atoms with E-state index in [1.165, 1.54) is 0 Å². The summed E-state index contributed by atoms with van der Waals surface area (Å²) >= 11 is 0. The van der Waals surface area contributed by atoms with Crippen LogP contribution >= 0.6 is 0 Å². The highest BCUT2D eigenvalue weighted by molar-refractivity contribution is 5.24. The number of rotatable bonds is 8. The predicted octanol–water partition coefficient (Wildman–Crippen LogP) is 4.97. The number of benzene rings is 1. The Balaban J connectivity index is 3.13. The third kappa shape index (κ3) is 4.23. The van der Waals surface area contributed by atoms with E-state index < -0.39 is 17.5 Å². The van der Waals surface area contributed by atoms with E-state index in [2.05, 4.69) is 19.2 Å². The fraction of sp³-hybridized carbons (Fsp3) is 0.625. The molecular formula is C16H24F3N. The summed E-state index contributed by atoms with van der Waals surface area (Å²) in [5.41, 5.74) is 0.234. The first-order valence-corrected chi connectivity index (χ1v) is 7.42. The predicted molar refractivity (Wildman–Crippen MR) is 76.0 cm³/mol. The van der Waals surface area contributed by atoms with Gasteiger partial charge in [-0.3, -0.25) is 0 Å². The molecule has 1 atom stereocenters. The van der Waals surface area contributed by atoms with Gasteiger partial charge in [0.2, 0.25) is 0 Å². The Morgan fingerprint density at radius 2 is 1.45 bits per heavy atom. The molecule has 1 N–H and O–H groups in total. The molecule has 0 aliphatic carbocycles. The van der Waals surface area contributed by atoms with Gasteiger partial charge in [-0.15, -0.1) is 0 Å². The van der Waals surface area contributed by atoms with Gasteiger partial charge in [0.15, 0.2) is 11.6 Å². The van der Waals surface area contributed by atoms with Gasteiger partial charge in [0.25, 0.3) is 0 Å². The molecule has 0 spiro atoms. The Hall–Kier alpha value is -1.03. The lowest BCUT2D eigenvalue weighted by Crippen LogP contribution is -2.29. The van der Waals surface area contributed by atoms with Crippen molar-refractivity contribution in [2.24, 2.45) is 5.92 Å². The van der Waals surface area contributed by atoms with Crippen molar-refractivity contribution >= 4 is 0 Å². The second kappa shape index (κ2) is 8.30. The molecular weight excluding hydrogens is 263 g/mol. The average molecular weight is 287 g/mol. The largest absolute Gasteiger partial charge is 0.310 e. The third-order valence-electron chi connectivity index (χ3n) is 3.59. The van der Waals surface area contributed by atoms with Crippen LogP contribution in [0.2, 0.25) is 0 Å². The van der Waals surface area contributed by atoms with Gasteiger partial charge in [-0.05, 0) is 31.4 Å². The molecule has 0 heterocycles. The first kappa shape index (κ1) is 17.0. The van der Waals surface area contributed by atoms with E-state index in [1.807, 2.05) is 6.92 Å². The highest BCUT2D eigenvalue weighted by Gasteiger charge is 2.25. The van der Waals surface area contributed by atoms with Crippen molar-refractivity contribution in [1.29, 1.82) is 0 Å². The number of halogens is 3. The molecule has 1 unspecified atom stereocenters. The molecule has 1 aromatic rings. The summed E-state index contributed by atoms with van der Waals surface area (Å²) in [6.07, 6.45) is 3.84. The maximum absolute atomic E-state index is 14.0. The highest BCUT2D eigenvalue weighted by atomic mass is 19.2. The van der Waals surface area contributed by atoms with Crippen molar-refractivity contribution < 1.29 is 13.2 Å². The summed E-state index contributed by atoms with van der Waals surface area (Å²) in [7, 11) is 0. The summed E-state index contributed by atoms with van der Waals surface area (Å²) in [5.74, 6) is -2.57. The number of nitrogens with one attached hydrogen (secondary N) is 1. The summed E-state index contributed by atoms with van der Waals surface area (Å²) in [6.45, 7) is 6.74. The molecule has 0 saturated heterocycles. The van der Waals surface area contributed by atoms with Gasteiger partial charge in [-0.25, -0.2) is 13.2 Å². The Bertz CT molecular complexity index is 414. The van der Waals surface area contributed by atoms with Gasteiger partial charge in [0.05, 0.1) is 0 Å². The molecule has 0 fully saturated rings. The van der Waals surface area contributed by atoms with Crippen molar-refractivity contribution in [2.75, 3.05) is 6.54 Å². The monoisotopic (exact) mass is 287 g/mol. The van der Waals surface area contributed by atoms with Crippen LogP contribution in [0.1, 0.15) is 58.1 Å². The fourth-order valence-corrected chi connectivity index (χ4v) is 2.75. The Labute approximate surface area is 119 Å². The number of hydrogen-bond donors (Lipinski definition) is 1. The topological polar surface area (TPSA) is 12.0 Å². The van der Waals surface area contributed by atoms with Crippen molar-refractivity contribution in [2.45, 2.75) is 52.5 Å². The van der Waals surface area contributed by atoms with E-state index in [0.29, 0.717) is 12.6 Å². The van der Waals surface area contributed by atoms with Gasteiger partial charge in [-0.2, -0.15) is 0 Å². The molecule has 20 heavy (non-hydrogen) atoms. The van der Waals surface area contributed by atoms with E-state index in [0.717, 1.165) is 31.7 Å². The molecule has 0 aromatic heterocycles. The van der Waals surface area contributed by atoms with Crippen LogP contribution in [0.25, 0.3) is 0 Å². The van der Waals surface area contributed by atoms with E-state index in [-0.39, 0.29) is 17.5 Å². The van der Waals surface area contributed by atoms with E-state index in [1.54, 1.807) is 0 Å². The Morgan fingerprint density at radius 1 is 0.900 bits per heavy atom. The SMILES string of the molecule is CCCC(CCC)C(NCC)c1cc(F)c(F)cc1F. The van der Waals surface area contributed by atoms with E-state index >= 15 is 0 Å². The Kier molecular flexibility index (Phi) is 7.06. The zero-order valence-electron chi connectivity index (χ0n) is 12.5. The molecule has 1 aromatic carbocycles. The van der Waals surface area contributed by atoms with Gasteiger partial charge in [-0.1, -0.05) is 33.6 Å². The second-order valence-corrected chi connectivity index (χ2v) is 5.16. The van der Waals surface area contributed by atoms with Crippen LogP contribution in [-0.4, -0.2) is 6.54 Å². The molecule has 0 radical (unpaired) electrons. The minimum absolute atomic E-state index is 0.226. The lowest BCUT2D eigenvalue weighted by Gasteiger charge is -2.28. The van der Waals surface area contributed by atoms with Gasteiger partial charge in [0.1, 0.15) is 5.82 Å². The molecule has 0 aliphatic rings. The van der Waals surface area contributed by atoms with Crippen molar-refractivity contribution in [1.82, 2.24) is 5.32 Å². The van der Waals surface area contributed by atoms with Crippen LogP contribution in [-0.2, 0) is 0 Å². The molecule has 114 valence electrons.